The number of hydrogen-bond acceptors (Lipinski definition) is 6. The zero-order chi connectivity index (χ0) is 19.5. The highest BCUT2D eigenvalue weighted by atomic mass is 16.7. The molecule has 1 aliphatic rings. The van der Waals surface area contributed by atoms with Gasteiger partial charge in [0.15, 0.2) is 6.29 Å². The van der Waals surface area contributed by atoms with Gasteiger partial charge in [-0.3, -0.25) is 4.79 Å². The molecule has 0 aliphatic carbocycles. The maximum Gasteiger partial charge on any atom is 0.407 e. The highest BCUT2D eigenvalue weighted by Gasteiger charge is 2.31. The van der Waals surface area contributed by atoms with Gasteiger partial charge >= 0.3 is 12.1 Å². The Morgan fingerprint density at radius 1 is 1.19 bits per heavy atom. The first-order valence-electron chi connectivity index (χ1n) is 9.32. The highest BCUT2D eigenvalue weighted by Crippen LogP contribution is 2.21. The summed E-state index contributed by atoms with van der Waals surface area (Å²) in [4.78, 5) is 23.8. The van der Waals surface area contributed by atoms with E-state index < -0.39 is 11.5 Å². The molecule has 7 nitrogen and oxygen atoms in total. The van der Waals surface area contributed by atoms with Gasteiger partial charge in [-0.15, -0.1) is 0 Å². The lowest BCUT2D eigenvalue weighted by molar-refractivity contribution is -0.187. The van der Waals surface area contributed by atoms with Crippen LogP contribution in [0, 0.1) is 5.41 Å². The molecular weight excluding hydrogens is 350 g/mol. The molecule has 2 rings (SSSR count). The van der Waals surface area contributed by atoms with E-state index in [-0.39, 0.29) is 38.6 Å². The van der Waals surface area contributed by atoms with Crippen LogP contribution in [-0.4, -0.2) is 44.7 Å². The minimum atomic E-state index is -0.783. The molecule has 27 heavy (non-hydrogen) atoms. The van der Waals surface area contributed by atoms with E-state index in [1.54, 1.807) is 13.8 Å². The molecule has 1 amide bonds. The summed E-state index contributed by atoms with van der Waals surface area (Å²) in [5.41, 5.74) is 0.122. The second-order valence-corrected chi connectivity index (χ2v) is 7.12. The first-order valence-corrected chi connectivity index (χ1v) is 9.32. The van der Waals surface area contributed by atoms with Gasteiger partial charge in [0.2, 0.25) is 0 Å². The molecule has 1 saturated heterocycles. The van der Waals surface area contributed by atoms with Crippen molar-refractivity contribution in [3.63, 3.8) is 0 Å². The third-order valence-electron chi connectivity index (χ3n) is 4.14. The fraction of sp³-hybridized carbons (Fsp3) is 0.600. The smallest absolute Gasteiger partial charge is 0.407 e. The third kappa shape index (κ3) is 7.97. The van der Waals surface area contributed by atoms with Crippen LogP contribution in [0.2, 0.25) is 0 Å². The molecule has 1 aromatic rings. The van der Waals surface area contributed by atoms with Gasteiger partial charge in [-0.2, -0.15) is 0 Å². The summed E-state index contributed by atoms with van der Waals surface area (Å²) in [6.45, 7) is 4.90. The van der Waals surface area contributed by atoms with Gasteiger partial charge in [0.05, 0.1) is 18.6 Å². The molecular formula is C20H29NO6. The summed E-state index contributed by atoms with van der Waals surface area (Å²) < 4.78 is 21.5. The van der Waals surface area contributed by atoms with Crippen LogP contribution in [0.1, 0.15) is 38.7 Å². The van der Waals surface area contributed by atoms with Crippen LogP contribution in [0.4, 0.5) is 4.79 Å². The Morgan fingerprint density at radius 3 is 2.67 bits per heavy atom. The maximum atomic E-state index is 12.2. The van der Waals surface area contributed by atoms with Crippen molar-refractivity contribution in [3.8, 4) is 0 Å². The zero-order valence-corrected chi connectivity index (χ0v) is 16.1. The van der Waals surface area contributed by atoms with E-state index in [1.165, 1.54) is 0 Å². The van der Waals surface area contributed by atoms with Gasteiger partial charge in [0, 0.05) is 6.61 Å². The van der Waals surface area contributed by atoms with E-state index in [4.69, 9.17) is 18.9 Å². The quantitative estimate of drug-likeness (QED) is 0.525. The molecule has 1 heterocycles. The molecule has 1 aromatic carbocycles. The molecule has 0 saturated carbocycles. The summed E-state index contributed by atoms with van der Waals surface area (Å²) in [7, 11) is 0. The topological polar surface area (TPSA) is 83.1 Å². The fourth-order valence-electron chi connectivity index (χ4n) is 2.47. The lowest BCUT2D eigenvalue weighted by atomic mass is 9.95. The monoisotopic (exact) mass is 379 g/mol. The number of benzene rings is 1. The van der Waals surface area contributed by atoms with Crippen LogP contribution >= 0.6 is 0 Å². The van der Waals surface area contributed by atoms with Crippen LogP contribution in [0.25, 0.3) is 0 Å². The van der Waals surface area contributed by atoms with Gasteiger partial charge in [0.1, 0.15) is 13.2 Å². The summed E-state index contributed by atoms with van der Waals surface area (Å²) in [6.07, 6.45) is 2.17. The predicted molar refractivity (Wildman–Crippen MR) is 98.9 cm³/mol. The predicted octanol–water partition coefficient (Wildman–Crippen LogP) is 3.03. The summed E-state index contributed by atoms with van der Waals surface area (Å²) >= 11 is 0. The number of esters is 1. The average molecular weight is 379 g/mol. The van der Waals surface area contributed by atoms with Gasteiger partial charge in [-0.1, -0.05) is 30.3 Å². The molecule has 1 aliphatic heterocycles. The maximum absolute atomic E-state index is 12.2. The van der Waals surface area contributed by atoms with Crippen molar-refractivity contribution in [2.24, 2.45) is 5.41 Å². The molecule has 1 unspecified atom stereocenters. The number of alkyl carbamates (subject to hydrolysis) is 1. The Kier molecular flexibility index (Phi) is 8.54. The SMILES string of the molecule is CC(C)(COC1CCCCO1)C(=O)OCCNC(=O)OCc1ccccc1. The summed E-state index contributed by atoms with van der Waals surface area (Å²) in [5, 5.41) is 2.55. The second kappa shape index (κ2) is 10.9. The van der Waals surface area contributed by atoms with Gasteiger partial charge < -0.3 is 24.3 Å². The largest absolute Gasteiger partial charge is 0.463 e. The first-order chi connectivity index (χ1) is 13.0. The van der Waals surface area contributed by atoms with E-state index in [0.717, 1.165) is 24.8 Å². The molecule has 7 heteroatoms. The number of ether oxygens (including phenoxy) is 4. The van der Waals surface area contributed by atoms with Crippen molar-refractivity contribution in [2.75, 3.05) is 26.4 Å². The lowest BCUT2D eigenvalue weighted by Gasteiger charge is -2.28. The number of carbonyl (C=O) groups is 2. The standard InChI is InChI=1S/C20H29NO6/c1-20(2,15-27-17-10-6-7-12-24-17)18(22)25-13-11-21-19(23)26-14-16-8-4-3-5-9-16/h3-5,8-9,17H,6-7,10-15H2,1-2H3,(H,21,23). The zero-order valence-electron chi connectivity index (χ0n) is 16.1. The molecule has 1 atom stereocenters. The second-order valence-electron chi connectivity index (χ2n) is 7.12. The Bertz CT molecular complexity index is 583. The van der Waals surface area contributed by atoms with Crippen molar-refractivity contribution in [3.05, 3.63) is 35.9 Å². The van der Waals surface area contributed by atoms with E-state index in [0.29, 0.717) is 6.61 Å². The molecule has 1 N–H and O–H groups in total. The Balaban J connectivity index is 1.57. The first kappa shape index (κ1) is 21.2. The van der Waals surface area contributed by atoms with Crippen LogP contribution in [-0.2, 0) is 30.3 Å². The number of nitrogens with one attached hydrogen (secondary N) is 1. The van der Waals surface area contributed by atoms with E-state index >= 15 is 0 Å². The van der Waals surface area contributed by atoms with Crippen LogP contribution in [0.3, 0.4) is 0 Å². The minimum Gasteiger partial charge on any atom is -0.463 e. The van der Waals surface area contributed by atoms with Crippen molar-refractivity contribution in [1.82, 2.24) is 5.32 Å². The fourth-order valence-corrected chi connectivity index (χ4v) is 2.47. The van der Waals surface area contributed by atoms with Crippen LogP contribution in [0.15, 0.2) is 30.3 Å². The number of amides is 1. The molecule has 0 radical (unpaired) electrons. The van der Waals surface area contributed by atoms with E-state index in [1.807, 2.05) is 30.3 Å². The van der Waals surface area contributed by atoms with Crippen LogP contribution in [0.5, 0.6) is 0 Å². The van der Waals surface area contributed by atoms with Crippen molar-refractivity contribution in [1.29, 1.82) is 0 Å². The van der Waals surface area contributed by atoms with Gasteiger partial charge in [0.25, 0.3) is 0 Å². The Morgan fingerprint density at radius 2 is 1.96 bits per heavy atom. The van der Waals surface area contributed by atoms with Gasteiger partial charge in [-0.25, -0.2) is 4.79 Å². The normalized spacial score (nSPS) is 17.2. The van der Waals surface area contributed by atoms with E-state index in [9.17, 15) is 9.59 Å². The molecule has 150 valence electrons. The third-order valence-corrected chi connectivity index (χ3v) is 4.14. The molecule has 0 spiro atoms. The molecule has 0 bridgehead atoms. The van der Waals surface area contributed by atoms with Crippen molar-refractivity contribution >= 4 is 12.1 Å². The molecule has 1 fully saturated rings. The van der Waals surface area contributed by atoms with Gasteiger partial charge in [-0.05, 0) is 38.7 Å². The highest BCUT2D eigenvalue weighted by molar-refractivity contribution is 5.76. The summed E-state index contributed by atoms with van der Waals surface area (Å²) in [5.74, 6) is -0.377. The lowest BCUT2D eigenvalue weighted by Crippen LogP contribution is -2.36. The number of hydrogen-bond donors (Lipinski definition) is 1. The Hall–Kier alpha value is -2.12. The van der Waals surface area contributed by atoms with Crippen molar-refractivity contribution < 1.29 is 28.5 Å². The number of carbonyl (C=O) groups excluding carboxylic acids is 2. The van der Waals surface area contributed by atoms with Crippen molar-refractivity contribution in [2.45, 2.75) is 46.0 Å². The average Bonchev–Trinajstić information content (AvgIpc) is 2.69. The number of rotatable bonds is 9. The van der Waals surface area contributed by atoms with Crippen LogP contribution < -0.4 is 5.32 Å². The molecule has 0 aromatic heterocycles. The minimum absolute atomic E-state index is 0.0721. The van der Waals surface area contributed by atoms with E-state index in [2.05, 4.69) is 5.32 Å². The Labute approximate surface area is 160 Å². The summed E-state index contributed by atoms with van der Waals surface area (Å²) in [6, 6.07) is 9.39.